The average molecular weight is 1990 g/mol. The van der Waals surface area contributed by atoms with Crippen LogP contribution in [0.15, 0.2) is 39.5 Å². The number of aliphatic hydroxyl groups excluding tert-OH is 13. The van der Waals surface area contributed by atoms with Gasteiger partial charge in [-0.1, -0.05) is 89.0 Å². The van der Waals surface area contributed by atoms with Gasteiger partial charge in [-0.05, 0) is 155 Å². The minimum Gasteiger partial charge on any atom is -0.394 e. The molecule has 21 N–H and O–H groups in total. The van der Waals surface area contributed by atoms with Crippen molar-refractivity contribution in [3.8, 4) is 0 Å². The molecular formula is C94H200O41. The second kappa shape index (κ2) is 78.9. The van der Waals surface area contributed by atoms with Crippen molar-refractivity contribution in [1.82, 2.24) is 0 Å². The SMILES string of the molecule is C=C.C=C.C=C.CC(CO)(CO)OC(C)(CO)CO.CC(COO)(COO)COCC(C)(COCC(C)(COO)OCCO)OC(C)(COC(C)(COCCO)OCCO)COC(C)(COCCO)OCCO.CC(O)(CO)COCC(C)(COCC(C)(O)CO)OC(C)(COC(C)(O)CO)COC(C)(O)CO.CCC(C)(C)CC.CCC(C)(CC)OC(C)(CC)CC.CCC(C)(O)CC. The number of rotatable bonds is 75. The molecule has 135 heavy (non-hydrogen) atoms. The van der Waals surface area contributed by atoms with E-state index in [-0.39, 0.29) is 216 Å². The third-order valence-corrected chi connectivity index (χ3v) is 21.0. The minimum atomic E-state index is -1.91. The molecular weight excluding hydrogens is 1780 g/mol. The first kappa shape index (κ1) is 150. The molecule has 0 fully saturated rings. The lowest BCUT2D eigenvalue weighted by Crippen LogP contribution is -2.55. The summed E-state index contributed by atoms with van der Waals surface area (Å²) >= 11 is 0. The van der Waals surface area contributed by atoms with Crippen molar-refractivity contribution in [2.45, 2.75) is 329 Å². The van der Waals surface area contributed by atoms with Gasteiger partial charge in [0.05, 0.1) is 228 Å². The quantitative estimate of drug-likeness (QED) is 0.0106. The van der Waals surface area contributed by atoms with Gasteiger partial charge in [-0.25, -0.2) is 14.7 Å². The highest BCUT2D eigenvalue weighted by atomic mass is 17.1. The molecule has 41 heteroatoms. The summed E-state index contributed by atoms with van der Waals surface area (Å²) in [6.45, 7) is 57.6. The molecule has 0 aromatic rings. The Kier molecular flexibility index (Phi) is 87.9. The number of hydrogen-bond acceptors (Lipinski definition) is 41. The average Bonchev–Trinajstić information content (AvgIpc) is 0.811. The van der Waals surface area contributed by atoms with Gasteiger partial charge in [-0.15, -0.1) is 39.5 Å². The molecule has 0 aliphatic heterocycles. The summed E-state index contributed by atoms with van der Waals surface area (Å²) < 4.78 is 99.1. The molecule has 822 valence electrons. The summed E-state index contributed by atoms with van der Waals surface area (Å²) in [6.07, 6.45) is 8.68. The molecule has 0 aliphatic rings. The van der Waals surface area contributed by atoms with E-state index >= 15 is 0 Å². The monoisotopic (exact) mass is 1990 g/mol. The van der Waals surface area contributed by atoms with Gasteiger partial charge in [0.25, 0.3) is 0 Å². The van der Waals surface area contributed by atoms with E-state index < -0.39 is 111 Å². The third kappa shape index (κ3) is 77.7. The molecule has 0 heterocycles. The van der Waals surface area contributed by atoms with Crippen LogP contribution >= 0.6 is 0 Å². The highest BCUT2D eigenvalue weighted by molar-refractivity contribution is 4.91. The first-order chi connectivity index (χ1) is 62.4. The maximum atomic E-state index is 10.1. The Balaban J connectivity index is -0.000000235. The van der Waals surface area contributed by atoms with Crippen LogP contribution in [0.5, 0.6) is 0 Å². The van der Waals surface area contributed by atoms with E-state index in [0.29, 0.717) is 5.41 Å². The van der Waals surface area contributed by atoms with E-state index in [2.05, 4.69) is 123 Å². The van der Waals surface area contributed by atoms with Gasteiger partial charge in [-0.2, -0.15) is 0 Å². The van der Waals surface area contributed by atoms with Crippen molar-refractivity contribution in [2.75, 3.05) is 231 Å². The molecule has 0 radical (unpaired) electrons. The molecule has 0 amide bonds. The second-order valence-electron chi connectivity index (χ2n) is 37.8. The largest absolute Gasteiger partial charge is 0.394 e. The molecule has 8 unspecified atom stereocenters. The van der Waals surface area contributed by atoms with Crippen LogP contribution in [0.1, 0.15) is 238 Å². The fourth-order valence-electron chi connectivity index (χ4n) is 10.1. The topological polar surface area (TPSA) is 609 Å². The van der Waals surface area contributed by atoms with Crippen molar-refractivity contribution >= 4 is 0 Å². The fraction of sp³-hybridized carbons (Fsp3) is 0.936. The summed E-state index contributed by atoms with van der Waals surface area (Å²) in [5.41, 5.74) is -12.7. The van der Waals surface area contributed by atoms with E-state index in [4.69, 9.17) is 122 Å². The zero-order chi connectivity index (χ0) is 108. The van der Waals surface area contributed by atoms with E-state index in [0.717, 1.165) is 38.5 Å². The van der Waals surface area contributed by atoms with Gasteiger partial charge in [0.15, 0.2) is 23.1 Å². The Hall–Kier alpha value is -2.42. The Labute approximate surface area is 809 Å². The van der Waals surface area contributed by atoms with E-state index in [1.54, 1.807) is 48.5 Å². The van der Waals surface area contributed by atoms with Gasteiger partial charge >= 0.3 is 0 Å². The molecule has 41 nitrogen and oxygen atoms in total. The summed E-state index contributed by atoms with van der Waals surface area (Å²) in [4.78, 5) is 12.9. The molecule has 0 saturated heterocycles. The fourth-order valence-corrected chi connectivity index (χ4v) is 10.1. The van der Waals surface area contributed by atoms with Crippen LogP contribution in [0.25, 0.3) is 0 Å². The first-order valence-electron chi connectivity index (χ1n) is 46.0. The van der Waals surface area contributed by atoms with Gasteiger partial charge in [0.2, 0.25) is 0 Å². The van der Waals surface area contributed by atoms with E-state index in [9.17, 15) is 66.4 Å². The maximum Gasteiger partial charge on any atom is 0.189 e. The highest BCUT2D eigenvalue weighted by Crippen LogP contribution is 2.34. The maximum absolute atomic E-state index is 10.1. The standard InChI is InChI=1S/C33H68O21.C22H46O13.C12H26O.C8H18O5.C7H16.C6H14O.3C2H4/c1-28(18-51-39,19-52-40)17-44-21-30(3,22-45-20-29(2,25-53-41)46-14-9-36)54-31(4,23-49-32(5,47-15-10-37)26-42-12-7-34)24-50-33(6,48-16-11-38)27-43-13-8-35;1-17(27,7-23)11-31-13-19(3,14-32-12-18(2,28)8-24)35-20(4,15-33-21(5,29)9-25)16-34-22(6,30)10-26;1-7-11(5,8-2)13-12(6,9-3)10-4;1-7(3-9,4-10)13-8(2,5-11)6-12;1-5-7(3,4)6-2;1-4-6(3,7)5-2;3*1-2/h34-41H,7-27H2,1-6H3;23-30H,7-16H2,1-6H3;7-10H2,1-6H3;9-12H,3-6H2,1-2H3;5-6H2,1-4H3;7H,4-5H2,1-3H3;3*1-2H2. The Morgan fingerprint density at radius 1 is 0.200 bits per heavy atom. The molecule has 0 aromatic heterocycles. The van der Waals surface area contributed by atoms with Crippen LogP contribution in [0.2, 0.25) is 0 Å². The lowest BCUT2D eigenvalue weighted by molar-refractivity contribution is -0.318. The molecule has 0 rings (SSSR count). The lowest BCUT2D eigenvalue weighted by Gasteiger charge is -2.43. The summed E-state index contributed by atoms with van der Waals surface area (Å²) in [5, 5.41) is 196. The Morgan fingerprint density at radius 3 is 0.689 bits per heavy atom. The van der Waals surface area contributed by atoms with Crippen molar-refractivity contribution in [3.05, 3.63) is 39.5 Å². The Bertz CT molecular complexity index is 2470. The molecule has 0 bridgehead atoms. The van der Waals surface area contributed by atoms with Crippen molar-refractivity contribution in [1.29, 1.82) is 0 Å². The van der Waals surface area contributed by atoms with Gasteiger partial charge in [0, 0.05) is 5.41 Å². The second-order valence-corrected chi connectivity index (χ2v) is 37.8. The zero-order valence-corrected chi connectivity index (χ0v) is 88.2. The summed E-state index contributed by atoms with van der Waals surface area (Å²) in [5.74, 6) is -6.71. The van der Waals surface area contributed by atoms with Gasteiger partial charge in [0.1, 0.15) is 70.2 Å². The highest BCUT2D eigenvalue weighted by Gasteiger charge is 2.46. The van der Waals surface area contributed by atoms with Crippen molar-refractivity contribution in [2.24, 2.45) is 10.8 Å². The Morgan fingerprint density at radius 2 is 0.452 bits per heavy atom. The van der Waals surface area contributed by atoms with Crippen LogP contribution < -0.4 is 0 Å². The molecule has 0 saturated carbocycles. The number of aliphatic hydroxyl groups is 18. The predicted molar refractivity (Wildman–Crippen MR) is 512 cm³/mol. The van der Waals surface area contributed by atoms with Crippen molar-refractivity contribution < 1.29 is 203 Å². The van der Waals surface area contributed by atoms with Crippen LogP contribution in [0.4, 0.5) is 0 Å². The first-order valence-corrected chi connectivity index (χ1v) is 46.0. The third-order valence-electron chi connectivity index (χ3n) is 21.0. The summed E-state index contributed by atoms with van der Waals surface area (Å²) in [6, 6.07) is 0. The van der Waals surface area contributed by atoms with Gasteiger partial charge < -0.3 is 172 Å². The number of hydrogen-bond donors (Lipinski definition) is 21. The summed E-state index contributed by atoms with van der Waals surface area (Å²) in [7, 11) is 0. The number of ether oxygens (including phenoxy) is 17. The smallest absolute Gasteiger partial charge is 0.189 e. The van der Waals surface area contributed by atoms with Crippen LogP contribution in [-0.4, -0.2) is 429 Å². The van der Waals surface area contributed by atoms with E-state index in [1.165, 1.54) is 61.3 Å². The molecule has 0 aliphatic carbocycles. The van der Waals surface area contributed by atoms with Gasteiger partial charge in [-0.3, -0.25) is 15.8 Å². The van der Waals surface area contributed by atoms with E-state index in [1.807, 2.05) is 20.8 Å². The van der Waals surface area contributed by atoms with Crippen LogP contribution in [0.3, 0.4) is 0 Å². The van der Waals surface area contributed by atoms with Crippen molar-refractivity contribution in [3.63, 3.8) is 0 Å². The van der Waals surface area contributed by atoms with Crippen LogP contribution in [0, 0.1) is 10.8 Å². The predicted octanol–water partition coefficient (Wildman–Crippen LogP) is 6.22. The lowest BCUT2D eigenvalue weighted by atomic mass is 9.88. The normalized spacial score (nSPS) is 17.1. The molecule has 0 spiro atoms. The zero-order valence-electron chi connectivity index (χ0n) is 88.2. The molecule has 0 aromatic carbocycles. The minimum absolute atomic E-state index is 0.0106. The van der Waals surface area contributed by atoms with Crippen LogP contribution in [-0.2, 0) is 95.2 Å². The molecule has 8 atom stereocenters.